The van der Waals surface area contributed by atoms with Gasteiger partial charge in [-0.3, -0.25) is 9.69 Å². The Labute approximate surface area is 181 Å². The van der Waals surface area contributed by atoms with Gasteiger partial charge < -0.3 is 9.40 Å². The van der Waals surface area contributed by atoms with Gasteiger partial charge in [-0.2, -0.15) is 13.2 Å². The lowest BCUT2D eigenvalue weighted by molar-refractivity contribution is -0.137. The van der Waals surface area contributed by atoms with Crippen molar-refractivity contribution in [1.82, 2.24) is 14.9 Å². The van der Waals surface area contributed by atoms with Crippen LogP contribution in [0.1, 0.15) is 48.2 Å². The van der Waals surface area contributed by atoms with Gasteiger partial charge in [0.2, 0.25) is 0 Å². The zero-order valence-electron chi connectivity index (χ0n) is 17.0. The summed E-state index contributed by atoms with van der Waals surface area (Å²) in [6, 6.07) is 6.47. The van der Waals surface area contributed by atoms with E-state index in [0.717, 1.165) is 17.8 Å². The number of rotatable bonds is 4. The first-order valence-electron chi connectivity index (χ1n) is 9.92. The summed E-state index contributed by atoms with van der Waals surface area (Å²) in [4.78, 5) is 22.0. The summed E-state index contributed by atoms with van der Waals surface area (Å²) in [7, 11) is 0. The normalized spacial score (nSPS) is 14.8. The molecule has 0 fully saturated rings. The fraction of sp³-hybridized carbons (Fsp3) is 0.364. The van der Waals surface area contributed by atoms with Crippen LogP contribution in [-0.4, -0.2) is 21.4 Å². The number of benzene rings is 1. The zero-order chi connectivity index (χ0) is 22.3. The number of nitrogens with one attached hydrogen (secondary N) is 1. The number of halogens is 4. The summed E-state index contributed by atoms with van der Waals surface area (Å²) in [5, 5.41) is 0.180. The van der Waals surface area contributed by atoms with Crippen molar-refractivity contribution in [3.05, 3.63) is 74.1 Å². The molecule has 0 spiro atoms. The van der Waals surface area contributed by atoms with Crippen molar-refractivity contribution in [1.29, 1.82) is 0 Å². The molecule has 0 atom stereocenters. The maximum Gasteiger partial charge on any atom is 0.416 e. The van der Waals surface area contributed by atoms with Gasteiger partial charge in [-0.05, 0) is 30.3 Å². The molecular weight excluding hydrogens is 431 g/mol. The molecule has 3 aromatic rings. The predicted molar refractivity (Wildman–Crippen MR) is 111 cm³/mol. The lowest BCUT2D eigenvalue weighted by Gasteiger charge is -2.27. The van der Waals surface area contributed by atoms with Gasteiger partial charge in [0, 0.05) is 31.0 Å². The Morgan fingerprint density at radius 1 is 1.26 bits per heavy atom. The maximum absolute atomic E-state index is 13.0. The molecule has 0 amide bonds. The average molecular weight is 452 g/mol. The van der Waals surface area contributed by atoms with Crippen molar-refractivity contribution in [3.63, 3.8) is 0 Å². The van der Waals surface area contributed by atoms with Gasteiger partial charge in [-0.25, -0.2) is 4.98 Å². The molecule has 4 rings (SSSR count). The van der Waals surface area contributed by atoms with Crippen molar-refractivity contribution in [2.45, 2.75) is 45.5 Å². The smallest absolute Gasteiger partial charge is 0.416 e. The Morgan fingerprint density at radius 3 is 2.74 bits per heavy atom. The number of fused-ring (bicyclic) bond motifs is 1. The molecular formula is C22H21ClF3N3O2. The molecule has 3 heterocycles. The highest BCUT2D eigenvalue weighted by Crippen LogP contribution is 2.36. The highest BCUT2D eigenvalue weighted by atomic mass is 35.5. The van der Waals surface area contributed by atoms with Crippen LogP contribution in [0.25, 0.3) is 11.3 Å². The van der Waals surface area contributed by atoms with E-state index in [1.807, 2.05) is 18.7 Å². The minimum Gasteiger partial charge on any atom is -0.460 e. The van der Waals surface area contributed by atoms with E-state index in [1.54, 1.807) is 12.1 Å². The van der Waals surface area contributed by atoms with Crippen molar-refractivity contribution in [2.75, 3.05) is 6.54 Å². The first-order valence-corrected chi connectivity index (χ1v) is 10.3. The van der Waals surface area contributed by atoms with E-state index in [1.165, 1.54) is 6.07 Å². The molecule has 1 aliphatic heterocycles. The lowest BCUT2D eigenvalue weighted by atomic mass is 10.1. The van der Waals surface area contributed by atoms with Gasteiger partial charge >= 0.3 is 6.18 Å². The average Bonchev–Trinajstić information content (AvgIpc) is 3.16. The largest absolute Gasteiger partial charge is 0.460 e. The van der Waals surface area contributed by atoms with E-state index < -0.39 is 11.7 Å². The first kappa shape index (κ1) is 21.6. The summed E-state index contributed by atoms with van der Waals surface area (Å²) in [6.45, 7) is 5.50. The molecule has 1 aliphatic rings. The van der Waals surface area contributed by atoms with Crippen LogP contribution < -0.4 is 5.56 Å². The Kier molecular flexibility index (Phi) is 5.70. The molecule has 0 aliphatic carbocycles. The minimum atomic E-state index is -4.47. The SMILES string of the molecule is CC(C)c1nc2c(c(=O)[nH]1)CN(Cc1ccc(-c3cc(C(F)(F)F)ccc3Cl)o1)CC2. The molecule has 0 saturated heterocycles. The van der Waals surface area contributed by atoms with Gasteiger partial charge in [-0.15, -0.1) is 0 Å². The quantitative estimate of drug-likeness (QED) is 0.578. The minimum absolute atomic E-state index is 0.130. The zero-order valence-corrected chi connectivity index (χ0v) is 17.8. The maximum atomic E-state index is 13.0. The number of nitrogens with zero attached hydrogens (tertiary/aromatic N) is 2. The van der Waals surface area contributed by atoms with E-state index in [4.69, 9.17) is 16.0 Å². The molecule has 2 aromatic heterocycles. The number of aromatic nitrogens is 2. The van der Waals surface area contributed by atoms with Gasteiger partial charge in [0.05, 0.1) is 28.4 Å². The van der Waals surface area contributed by atoms with Gasteiger partial charge in [0.1, 0.15) is 17.3 Å². The number of furan rings is 1. The Balaban J connectivity index is 1.53. The number of hydrogen-bond acceptors (Lipinski definition) is 4. The number of hydrogen-bond donors (Lipinski definition) is 1. The number of alkyl halides is 3. The van der Waals surface area contributed by atoms with E-state index >= 15 is 0 Å². The van der Waals surface area contributed by atoms with Crippen LogP contribution >= 0.6 is 11.6 Å². The molecule has 9 heteroatoms. The fourth-order valence-corrected chi connectivity index (χ4v) is 3.84. The van der Waals surface area contributed by atoms with Crippen LogP contribution in [-0.2, 0) is 25.7 Å². The molecule has 31 heavy (non-hydrogen) atoms. The second-order valence-electron chi connectivity index (χ2n) is 7.95. The summed E-state index contributed by atoms with van der Waals surface area (Å²) >= 11 is 6.11. The van der Waals surface area contributed by atoms with Crippen molar-refractivity contribution in [2.24, 2.45) is 0 Å². The third kappa shape index (κ3) is 4.55. The third-order valence-electron chi connectivity index (χ3n) is 5.31. The second-order valence-corrected chi connectivity index (χ2v) is 8.36. The van der Waals surface area contributed by atoms with Gasteiger partial charge in [-0.1, -0.05) is 25.4 Å². The molecule has 0 unspecified atom stereocenters. The van der Waals surface area contributed by atoms with Crippen LogP contribution in [0.5, 0.6) is 0 Å². The van der Waals surface area contributed by atoms with Crippen molar-refractivity contribution < 1.29 is 17.6 Å². The topological polar surface area (TPSA) is 62.1 Å². The summed E-state index contributed by atoms with van der Waals surface area (Å²) < 4.78 is 44.9. The molecule has 0 saturated carbocycles. The van der Waals surface area contributed by atoms with Crippen LogP contribution in [0.4, 0.5) is 13.2 Å². The molecule has 164 valence electrons. The summed E-state index contributed by atoms with van der Waals surface area (Å²) in [6.07, 6.45) is -3.82. The van der Waals surface area contributed by atoms with Crippen molar-refractivity contribution >= 4 is 11.6 Å². The van der Waals surface area contributed by atoms with Gasteiger partial charge in [0.15, 0.2) is 0 Å². The van der Waals surface area contributed by atoms with E-state index in [-0.39, 0.29) is 27.8 Å². The predicted octanol–water partition coefficient (Wildman–Crippen LogP) is 5.38. The monoisotopic (exact) mass is 451 g/mol. The van der Waals surface area contributed by atoms with Crippen LogP contribution in [0.2, 0.25) is 5.02 Å². The summed E-state index contributed by atoms with van der Waals surface area (Å²) in [5.74, 6) is 1.67. The fourth-order valence-electron chi connectivity index (χ4n) is 3.63. The number of aromatic amines is 1. The first-order chi connectivity index (χ1) is 14.6. The van der Waals surface area contributed by atoms with Gasteiger partial charge in [0.25, 0.3) is 5.56 Å². The Bertz CT molecular complexity index is 1170. The van der Waals surface area contributed by atoms with Crippen molar-refractivity contribution in [3.8, 4) is 11.3 Å². The van der Waals surface area contributed by atoms with E-state index in [9.17, 15) is 18.0 Å². The lowest BCUT2D eigenvalue weighted by Crippen LogP contribution is -2.35. The second kappa shape index (κ2) is 8.16. The van der Waals surface area contributed by atoms with E-state index in [0.29, 0.717) is 43.2 Å². The molecule has 0 bridgehead atoms. The number of H-pyrrole nitrogens is 1. The van der Waals surface area contributed by atoms with E-state index in [2.05, 4.69) is 9.97 Å². The van der Waals surface area contributed by atoms with Crippen LogP contribution in [0.15, 0.2) is 39.5 Å². The standard InChI is InChI=1S/C22H21ClF3N3O2/c1-12(2)20-27-18-7-8-29(11-16(18)21(30)28-20)10-14-4-6-19(31-14)15-9-13(22(24,25)26)3-5-17(15)23/h3-6,9,12H,7-8,10-11H2,1-2H3,(H,27,28,30). The molecule has 0 radical (unpaired) electrons. The molecule has 1 aromatic carbocycles. The highest BCUT2D eigenvalue weighted by Gasteiger charge is 2.31. The molecule has 5 nitrogen and oxygen atoms in total. The summed E-state index contributed by atoms with van der Waals surface area (Å²) in [5.41, 5.74) is 0.732. The highest BCUT2D eigenvalue weighted by molar-refractivity contribution is 6.33. The van der Waals surface area contributed by atoms with Crippen LogP contribution in [0, 0.1) is 0 Å². The Hall–Kier alpha value is -2.58. The Morgan fingerprint density at radius 2 is 2.03 bits per heavy atom. The third-order valence-corrected chi connectivity index (χ3v) is 5.64. The van der Waals surface area contributed by atoms with Crippen LogP contribution in [0.3, 0.4) is 0 Å². The molecule has 1 N–H and O–H groups in total.